The smallest absolute Gasteiger partial charge is 0.407 e. The minimum atomic E-state index is -1.02. The Morgan fingerprint density at radius 3 is 2.48 bits per heavy atom. The van der Waals surface area contributed by atoms with E-state index in [0.717, 1.165) is 5.56 Å². The van der Waals surface area contributed by atoms with E-state index in [4.69, 9.17) is 9.47 Å². The Morgan fingerprint density at radius 1 is 1.17 bits per heavy atom. The summed E-state index contributed by atoms with van der Waals surface area (Å²) in [5.41, 5.74) is -0.781. The van der Waals surface area contributed by atoms with E-state index in [2.05, 4.69) is 10.6 Å². The summed E-state index contributed by atoms with van der Waals surface area (Å²) in [7, 11) is 0. The molecule has 0 aliphatic heterocycles. The summed E-state index contributed by atoms with van der Waals surface area (Å²) < 4.78 is 10.5. The number of rotatable bonds is 6. The third-order valence-electron chi connectivity index (χ3n) is 4.64. The Hall–Kier alpha value is -2.77. The van der Waals surface area contributed by atoms with Crippen LogP contribution in [-0.2, 0) is 20.9 Å². The van der Waals surface area contributed by atoms with E-state index in [0.29, 0.717) is 25.7 Å². The third kappa shape index (κ3) is 8.01. The number of carboxylic acid groups (broad SMARTS) is 1. The summed E-state index contributed by atoms with van der Waals surface area (Å²) >= 11 is 0. The van der Waals surface area contributed by atoms with Gasteiger partial charge < -0.3 is 25.2 Å². The second-order valence-corrected chi connectivity index (χ2v) is 8.48. The number of hydrogen-bond acceptors (Lipinski definition) is 5. The maximum Gasteiger partial charge on any atom is 0.407 e. The Kier molecular flexibility index (Phi) is 7.47. The summed E-state index contributed by atoms with van der Waals surface area (Å²) in [6.07, 6.45) is 0.646. The van der Waals surface area contributed by atoms with E-state index in [1.807, 2.05) is 30.3 Å². The van der Waals surface area contributed by atoms with E-state index in [1.54, 1.807) is 20.8 Å². The molecule has 1 aromatic rings. The highest BCUT2D eigenvalue weighted by Gasteiger charge is 2.41. The minimum absolute atomic E-state index is 0.0927. The van der Waals surface area contributed by atoms with Gasteiger partial charge >= 0.3 is 18.2 Å². The maximum absolute atomic E-state index is 12.3. The zero-order chi connectivity index (χ0) is 21.5. The largest absolute Gasteiger partial charge is 0.481 e. The first-order valence-corrected chi connectivity index (χ1v) is 9.77. The molecule has 0 spiro atoms. The molecule has 0 heterocycles. The van der Waals surface area contributed by atoms with Crippen molar-refractivity contribution in [3.8, 4) is 0 Å². The molecule has 8 nitrogen and oxygen atoms in total. The summed E-state index contributed by atoms with van der Waals surface area (Å²) in [5.74, 6) is -1.02. The molecule has 29 heavy (non-hydrogen) atoms. The molecular formula is C21H30N2O6. The van der Waals surface area contributed by atoms with Gasteiger partial charge in [0.25, 0.3) is 0 Å². The number of carbonyl (C=O) groups is 3. The van der Waals surface area contributed by atoms with Gasteiger partial charge in [-0.25, -0.2) is 9.59 Å². The standard InChI is InChI=1S/C21H30N2O6/c1-20(2,3)29-18(26)22-16-10-7-11-21(12-16,13-17(24)25)23-19(27)28-14-15-8-5-4-6-9-15/h4-6,8-9,16H,7,10-14H2,1-3H3,(H,22,26)(H,23,27)(H,24,25). The molecule has 0 radical (unpaired) electrons. The predicted molar refractivity (Wildman–Crippen MR) is 106 cm³/mol. The molecule has 0 bridgehead atoms. The number of carboxylic acids is 1. The molecule has 1 saturated carbocycles. The molecule has 1 fully saturated rings. The van der Waals surface area contributed by atoms with Crippen molar-refractivity contribution in [3.63, 3.8) is 0 Å². The number of alkyl carbamates (subject to hydrolysis) is 2. The van der Waals surface area contributed by atoms with E-state index in [9.17, 15) is 19.5 Å². The van der Waals surface area contributed by atoms with Gasteiger partial charge in [-0.05, 0) is 52.0 Å². The molecule has 2 amide bonds. The van der Waals surface area contributed by atoms with Crippen LogP contribution in [-0.4, -0.2) is 40.4 Å². The summed E-state index contributed by atoms with van der Waals surface area (Å²) in [6, 6.07) is 8.93. The molecule has 2 atom stereocenters. The first-order valence-electron chi connectivity index (χ1n) is 9.77. The molecule has 0 aromatic heterocycles. The second kappa shape index (κ2) is 9.62. The zero-order valence-electron chi connectivity index (χ0n) is 17.2. The van der Waals surface area contributed by atoms with E-state index in [-0.39, 0.29) is 19.1 Å². The first-order chi connectivity index (χ1) is 13.6. The zero-order valence-corrected chi connectivity index (χ0v) is 17.2. The summed E-state index contributed by atoms with van der Waals surface area (Å²) in [4.78, 5) is 35.9. The number of hydrogen-bond donors (Lipinski definition) is 3. The van der Waals surface area contributed by atoms with Crippen molar-refractivity contribution in [3.05, 3.63) is 35.9 Å². The van der Waals surface area contributed by atoms with Gasteiger partial charge in [0.2, 0.25) is 0 Å². The minimum Gasteiger partial charge on any atom is -0.481 e. The summed E-state index contributed by atoms with van der Waals surface area (Å²) in [6.45, 7) is 5.40. The van der Waals surface area contributed by atoms with Crippen LogP contribution in [0.2, 0.25) is 0 Å². The fraction of sp³-hybridized carbons (Fsp3) is 0.571. The van der Waals surface area contributed by atoms with Crippen LogP contribution in [0.5, 0.6) is 0 Å². The highest BCUT2D eigenvalue weighted by Crippen LogP contribution is 2.32. The van der Waals surface area contributed by atoms with Gasteiger partial charge in [-0.15, -0.1) is 0 Å². The lowest BCUT2D eigenvalue weighted by Crippen LogP contribution is -2.56. The molecule has 0 saturated heterocycles. The molecule has 1 aromatic carbocycles. The maximum atomic E-state index is 12.3. The van der Waals surface area contributed by atoms with Gasteiger partial charge in [0.15, 0.2) is 0 Å². The van der Waals surface area contributed by atoms with Crippen LogP contribution in [0.1, 0.15) is 58.4 Å². The molecular weight excluding hydrogens is 376 g/mol. The van der Waals surface area contributed by atoms with Crippen molar-refractivity contribution < 1.29 is 29.0 Å². The van der Waals surface area contributed by atoms with Crippen LogP contribution in [0.4, 0.5) is 9.59 Å². The number of carbonyl (C=O) groups excluding carboxylic acids is 2. The fourth-order valence-corrected chi connectivity index (χ4v) is 3.54. The first kappa shape index (κ1) is 22.5. The van der Waals surface area contributed by atoms with Gasteiger partial charge in [-0.1, -0.05) is 30.3 Å². The lowest BCUT2D eigenvalue weighted by molar-refractivity contribution is -0.139. The van der Waals surface area contributed by atoms with Gasteiger partial charge in [0.05, 0.1) is 12.0 Å². The predicted octanol–water partition coefficient (Wildman–Crippen LogP) is 3.59. The number of ether oxygens (including phenoxy) is 2. The molecule has 160 valence electrons. The number of aliphatic carboxylic acids is 1. The van der Waals surface area contributed by atoms with Gasteiger partial charge in [-0.3, -0.25) is 4.79 Å². The highest BCUT2D eigenvalue weighted by atomic mass is 16.6. The summed E-state index contributed by atoms with van der Waals surface area (Å²) in [5, 5.41) is 14.9. The van der Waals surface area contributed by atoms with Gasteiger partial charge in [0.1, 0.15) is 12.2 Å². The van der Waals surface area contributed by atoms with Crippen molar-refractivity contribution >= 4 is 18.2 Å². The van der Waals surface area contributed by atoms with Gasteiger partial charge in [0, 0.05) is 6.04 Å². The number of nitrogens with one attached hydrogen (secondary N) is 2. The highest BCUT2D eigenvalue weighted by molar-refractivity contribution is 5.73. The molecule has 2 rings (SSSR count). The SMILES string of the molecule is CC(C)(C)OC(=O)NC1CCCC(CC(=O)O)(NC(=O)OCc2ccccc2)C1. The molecule has 1 aliphatic carbocycles. The molecule has 3 N–H and O–H groups in total. The Morgan fingerprint density at radius 2 is 1.86 bits per heavy atom. The number of benzene rings is 1. The quantitative estimate of drug-likeness (QED) is 0.665. The second-order valence-electron chi connectivity index (χ2n) is 8.48. The number of amides is 2. The van der Waals surface area contributed by atoms with Crippen LogP contribution in [0.25, 0.3) is 0 Å². The van der Waals surface area contributed by atoms with Crippen LogP contribution < -0.4 is 10.6 Å². The van der Waals surface area contributed by atoms with E-state index >= 15 is 0 Å². The average molecular weight is 406 g/mol. The fourth-order valence-electron chi connectivity index (χ4n) is 3.54. The third-order valence-corrected chi connectivity index (χ3v) is 4.64. The van der Waals surface area contributed by atoms with Crippen molar-refractivity contribution in [1.29, 1.82) is 0 Å². The van der Waals surface area contributed by atoms with Crippen LogP contribution in [0.15, 0.2) is 30.3 Å². The molecule has 2 unspecified atom stereocenters. The van der Waals surface area contributed by atoms with E-state index in [1.165, 1.54) is 0 Å². The molecule has 1 aliphatic rings. The Labute approximate surface area is 171 Å². The van der Waals surface area contributed by atoms with Crippen LogP contribution in [0.3, 0.4) is 0 Å². The van der Waals surface area contributed by atoms with Crippen molar-refractivity contribution in [2.24, 2.45) is 0 Å². The Balaban J connectivity index is 1.99. The topological polar surface area (TPSA) is 114 Å². The lowest BCUT2D eigenvalue weighted by atomic mass is 9.77. The van der Waals surface area contributed by atoms with Gasteiger partial charge in [-0.2, -0.15) is 0 Å². The van der Waals surface area contributed by atoms with Crippen molar-refractivity contribution in [2.45, 2.75) is 76.7 Å². The normalized spacial score (nSPS) is 21.7. The van der Waals surface area contributed by atoms with Crippen molar-refractivity contribution in [2.75, 3.05) is 0 Å². The van der Waals surface area contributed by atoms with Crippen molar-refractivity contribution in [1.82, 2.24) is 10.6 Å². The van der Waals surface area contributed by atoms with Crippen LogP contribution >= 0.6 is 0 Å². The van der Waals surface area contributed by atoms with E-state index < -0.39 is 29.3 Å². The Bertz CT molecular complexity index is 716. The van der Waals surface area contributed by atoms with Crippen LogP contribution in [0, 0.1) is 0 Å². The average Bonchev–Trinajstić information content (AvgIpc) is 2.58. The molecule has 8 heteroatoms. The monoisotopic (exact) mass is 406 g/mol. The lowest BCUT2D eigenvalue weighted by Gasteiger charge is -2.40.